The maximum absolute atomic E-state index is 5.58. The highest BCUT2D eigenvalue weighted by atomic mass is 16.3. The number of nitrogens with zero attached hydrogens (tertiary/aromatic N) is 1. The third-order valence-corrected chi connectivity index (χ3v) is 2.88. The summed E-state index contributed by atoms with van der Waals surface area (Å²) in [5, 5.41) is 3.41. The van der Waals surface area contributed by atoms with E-state index in [-0.39, 0.29) is 0 Å². The van der Waals surface area contributed by atoms with Crippen LogP contribution in [0.25, 0.3) is 0 Å². The van der Waals surface area contributed by atoms with Crippen molar-refractivity contribution >= 4 is 0 Å². The predicted molar refractivity (Wildman–Crippen MR) is 56.4 cm³/mol. The molecule has 0 aromatic carbocycles. The first-order chi connectivity index (χ1) is 6.75. The SMILES string of the molecule is Cc1ccc(CC2CNCCN2C)o1. The number of furan rings is 1. The first-order valence-corrected chi connectivity index (χ1v) is 5.22. The Morgan fingerprint density at radius 3 is 3.07 bits per heavy atom. The quantitative estimate of drug-likeness (QED) is 0.762. The van der Waals surface area contributed by atoms with Gasteiger partial charge in [-0.25, -0.2) is 0 Å². The highest BCUT2D eigenvalue weighted by Gasteiger charge is 2.19. The average molecular weight is 194 g/mol. The molecule has 1 N–H and O–H groups in total. The monoisotopic (exact) mass is 194 g/mol. The lowest BCUT2D eigenvalue weighted by Gasteiger charge is -2.32. The van der Waals surface area contributed by atoms with Gasteiger partial charge in [-0.3, -0.25) is 0 Å². The maximum atomic E-state index is 5.58. The Hall–Kier alpha value is -0.800. The van der Waals surface area contributed by atoms with E-state index in [4.69, 9.17) is 4.42 Å². The van der Waals surface area contributed by atoms with Gasteiger partial charge in [0.05, 0.1) is 0 Å². The Labute approximate surface area is 85.1 Å². The summed E-state index contributed by atoms with van der Waals surface area (Å²) in [5.74, 6) is 2.11. The topological polar surface area (TPSA) is 28.4 Å². The Morgan fingerprint density at radius 2 is 2.43 bits per heavy atom. The number of hydrogen-bond donors (Lipinski definition) is 1. The largest absolute Gasteiger partial charge is 0.466 e. The molecule has 1 saturated heterocycles. The smallest absolute Gasteiger partial charge is 0.105 e. The summed E-state index contributed by atoms with van der Waals surface area (Å²) in [6, 6.07) is 4.69. The molecule has 3 heteroatoms. The summed E-state index contributed by atoms with van der Waals surface area (Å²) in [7, 11) is 2.18. The van der Waals surface area contributed by atoms with E-state index in [1.54, 1.807) is 0 Å². The van der Waals surface area contributed by atoms with Gasteiger partial charge in [-0.05, 0) is 26.1 Å². The molecule has 1 aliphatic rings. The van der Waals surface area contributed by atoms with Crippen LogP contribution in [0.15, 0.2) is 16.5 Å². The van der Waals surface area contributed by atoms with Crippen LogP contribution in [0.5, 0.6) is 0 Å². The molecule has 3 nitrogen and oxygen atoms in total. The molecule has 0 aliphatic carbocycles. The minimum absolute atomic E-state index is 0.578. The number of aryl methyl sites for hydroxylation is 1. The molecule has 1 atom stereocenters. The van der Waals surface area contributed by atoms with Crippen LogP contribution in [-0.4, -0.2) is 37.6 Å². The molecule has 1 aliphatic heterocycles. The Bertz CT molecular complexity index is 295. The summed E-state index contributed by atoms with van der Waals surface area (Å²) in [4.78, 5) is 2.40. The molecule has 14 heavy (non-hydrogen) atoms. The number of hydrogen-bond acceptors (Lipinski definition) is 3. The van der Waals surface area contributed by atoms with Crippen molar-refractivity contribution in [1.29, 1.82) is 0 Å². The van der Waals surface area contributed by atoms with E-state index in [2.05, 4.69) is 23.3 Å². The van der Waals surface area contributed by atoms with Crippen molar-refractivity contribution in [2.75, 3.05) is 26.7 Å². The molecule has 0 amide bonds. The van der Waals surface area contributed by atoms with Crippen molar-refractivity contribution in [2.45, 2.75) is 19.4 Å². The van der Waals surface area contributed by atoms with Crippen LogP contribution in [0.1, 0.15) is 11.5 Å². The van der Waals surface area contributed by atoms with Crippen LogP contribution in [0.2, 0.25) is 0 Å². The van der Waals surface area contributed by atoms with Crippen LogP contribution < -0.4 is 5.32 Å². The summed E-state index contributed by atoms with van der Waals surface area (Å²) in [6.45, 7) is 5.29. The van der Waals surface area contributed by atoms with Gasteiger partial charge >= 0.3 is 0 Å². The Balaban J connectivity index is 1.95. The van der Waals surface area contributed by atoms with E-state index in [0.717, 1.165) is 37.6 Å². The predicted octanol–water partition coefficient (Wildman–Crippen LogP) is 1.03. The number of piperazine rings is 1. The number of rotatable bonds is 2. The summed E-state index contributed by atoms with van der Waals surface area (Å²) < 4.78 is 5.58. The van der Waals surface area contributed by atoms with Crippen molar-refractivity contribution in [3.8, 4) is 0 Å². The highest BCUT2D eigenvalue weighted by molar-refractivity contribution is 5.07. The lowest BCUT2D eigenvalue weighted by molar-refractivity contribution is 0.192. The molecule has 78 valence electrons. The third-order valence-electron chi connectivity index (χ3n) is 2.88. The standard InChI is InChI=1S/C11H18N2O/c1-9-3-4-11(14-9)7-10-8-12-5-6-13(10)2/h3-4,10,12H,5-8H2,1-2H3. The second-order valence-electron chi connectivity index (χ2n) is 4.06. The van der Waals surface area contributed by atoms with Crippen LogP contribution in [0.4, 0.5) is 0 Å². The summed E-state index contributed by atoms with van der Waals surface area (Å²) in [5.41, 5.74) is 0. The van der Waals surface area contributed by atoms with Crippen molar-refractivity contribution in [1.82, 2.24) is 10.2 Å². The van der Waals surface area contributed by atoms with Crippen LogP contribution in [0.3, 0.4) is 0 Å². The van der Waals surface area contributed by atoms with Gasteiger partial charge in [0.1, 0.15) is 11.5 Å². The average Bonchev–Trinajstić information content (AvgIpc) is 2.56. The van der Waals surface area contributed by atoms with E-state index < -0.39 is 0 Å². The molecule has 1 unspecified atom stereocenters. The number of nitrogens with one attached hydrogen (secondary N) is 1. The summed E-state index contributed by atoms with van der Waals surface area (Å²) >= 11 is 0. The fraction of sp³-hybridized carbons (Fsp3) is 0.636. The van der Waals surface area contributed by atoms with Crippen molar-refractivity contribution in [2.24, 2.45) is 0 Å². The molecular weight excluding hydrogens is 176 g/mol. The fourth-order valence-corrected chi connectivity index (χ4v) is 1.92. The molecule has 1 fully saturated rings. The maximum Gasteiger partial charge on any atom is 0.105 e. The molecule has 0 saturated carbocycles. The molecule has 0 radical (unpaired) electrons. The minimum Gasteiger partial charge on any atom is -0.466 e. The van der Waals surface area contributed by atoms with Gasteiger partial charge in [-0.2, -0.15) is 0 Å². The van der Waals surface area contributed by atoms with Gasteiger partial charge in [0.15, 0.2) is 0 Å². The van der Waals surface area contributed by atoms with Crippen LogP contribution in [0, 0.1) is 6.92 Å². The van der Waals surface area contributed by atoms with Crippen LogP contribution in [-0.2, 0) is 6.42 Å². The van der Waals surface area contributed by atoms with E-state index >= 15 is 0 Å². The fourth-order valence-electron chi connectivity index (χ4n) is 1.92. The second kappa shape index (κ2) is 4.15. The minimum atomic E-state index is 0.578. The molecule has 0 bridgehead atoms. The zero-order chi connectivity index (χ0) is 9.97. The molecule has 2 rings (SSSR count). The highest BCUT2D eigenvalue weighted by Crippen LogP contribution is 2.12. The lowest BCUT2D eigenvalue weighted by Crippen LogP contribution is -2.50. The van der Waals surface area contributed by atoms with E-state index in [1.165, 1.54) is 0 Å². The van der Waals surface area contributed by atoms with Gasteiger partial charge in [-0.15, -0.1) is 0 Å². The van der Waals surface area contributed by atoms with E-state index in [9.17, 15) is 0 Å². The van der Waals surface area contributed by atoms with Gasteiger partial charge < -0.3 is 14.6 Å². The van der Waals surface area contributed by atoms with Gasteiger partial charge in [0.25, 0.3) is 0 Å². The van der Waals surface area contributed by atoms with E-state index in [0.29, 0.717) is 6.04 Å². The Morgan fingerprint density at radius 1 is 1.57 bits per heavy atom. The second-order valence-corrected chi connectivity index (χ2v) is 4.06. The molecule has 2 heterocycles. The molecule has 0 spiro atoms. The van der Waals surface area contributed by atoms with Gasteiger partial charge in [0.2, 0.25) is 0 Å². The zero-order valence-electron chi connectivity index (χ0n) is 8.92. The zero-order valence-corrected chi connectivity index (χ0v) is 8.92. The van der Waals surface area contributed by atoms with Crippen LogP contribution >= 0.6 is 0 Å². The van der Waals surface area contributed by atoms with Gasteiger partial charge in [0, 0.05) is 32.1 Å². The first-order valence-electron chi connectivity index (χ1n) is 5.22. The normalized spacial score (nSPS) is 24.0. The van der Waals surface area contributed by atoms with Gasteiger partial charge in [-0.1, -0.05) is 0 Å². The Kier molecular flexibility index (Phi) is 2.89. The molecule has 1 aromatic heterocycles. The van der Waals surface area contributed by atoms with Crippen molar-refractivity contribution in [3.63, 3.8) is 0 Å². The molecular formula is C11H18N2O. The third kappa shape index (κ3) is 2.16. The summed E-state index contributed by atoms with van der Waals surface area (Å²) in [6.07, 6.45) is 1.01. The first kappa shape index (κ1) is 9.74. The van der Waals surface area contributed by atoms with Crippen molar-refractivity contribution < 1.29 is 4.42 Å². The molecule has 1 aromatic rings. The number of likely N-dealkylation sites (N-methyl/N-ethyl adjacent to an activating group) is 1. The lowest BCUT2D eigenvalue weighted by atomic mass is 10.1. The van der Waals surface area contributed by atoms with E-state index in [1.807, 2.05) is 13.0 Å². The van der Waals surface area contributed by atoms with Crippen molar-refractivity contribution in [3.05, 3.63) is 23.7 Å².